The molecule has 0 amide bonds. The standard InChI is InChI=1S/C15H14Br2FN/c1-8-6-13(17)9(2)5-12(8)15(19)11-4-3-10(16)7-14(11)18/h3-7,15H,19H2,1-2H3. The van der Waals surface area contributed by atoms with E-state index < -0.39 is 6.04 Å². The molecule has 0 aromatic heterocycles. The predicted octanol–water partition coefficient (Wildman–Crippen LogP) is 5.02. The van der Waals surface area contributed by atoms with Crippen molar-refractivity contribution in [3.8, 4) is 0 Å². The number of halogens is 3. The second kappa shape index (κ2) is 5.73. The van der Waals surface area contributed by atoms with E-state index in [1.807, 2.05) is 26.0 Å². The van der Waals surface area contributed by atoms with Crippen LogP contribution >= 0.6 is 31.9 Å². The summed E-state index contributed by atoms with van der Waals surface area (Å²) in [4.78, 5) is 0. The van der Waals surface area contributed by atoms with Gasteiger partial charge in [0.05, 0.1) is 6.04 Å². The van der Waals surface area contributed by atoms with E-state index in [9.17, 15) is 4.39 Å². The van der Waals surface area contributed by atoms with Crippen molar-refractivity contribution in [2.45, 2.75) is 19.9 Å². The van der Waals surface area contributed by atoms with E-state index in [4.69, 9.17) is 5.73 Å². The van der Waals surface area contributed by atoms with Gasteiger partial charge in [-0.1, -0.05) is 44.0 Å². The van der Waals surface area contributed by atoms with Crippen molar-refractivity contribution in [2.75, 3.05) is 0 Å². The van der Waals surface area contributed by atoms with Gasteiger partial charge in [0.2, 0.25) is 0 Å². The molecule has 2 aromatic rings. The largest absolute Gasteiger partial charge is 0.320 e. The Morgan fingerprint density at radius 3 is 2.32 bits per heavy atom. The van der Waals surface area contributed by atoms with E-state index in [0.29, 0.717) is 10.0 Å². The molecule has 2 rings (SSSR count). The van der Waals surface area contributed by atoms with Gasteiger partial charge in [-0.05, 0) is 48.7 Å². The van der Waals surface area contributed by atoms with E-state index in [1.54, 1.807) is 12.1 Å². The minimum atomic E-state index is -0.458. The molecule has 0 aliphatic rings. The van der Waals surface area contributed by atoms with Crippen molar-refractivity contribution in [3.63, 3.8) is 0 Å². The monoisotopic (exact) mass is 385 g/mol. The fraction of sp³-hybridized carbons (Fsp3) is 0.200. The lowest BCUT2D eigenvalue weighted by molar-refractivity contribution is 0.598. The molecule has 19 heavy (non-hydrogen) atoms. The zero-order chi connectivity index (χ0) is 14.2. The SMILES string of the molecule is Cc1cc(C(N)c2ccc(Br)cc2F)c(C)cc1Br. The molecular weight excluding hydrogens is 373 g/mol. The molecule has 0 spiro atoms. The molecule has 1 unspecified atom stereocenters. The quantitative estimate of drug-likeness (QED) is 0.770. The highest BCUT2D eigenvalue weighted by Gasteiger charge is 2.16. The molecule has 0 radical (unpaired) electrons. The van der Waals surface area contributed by atoms with Crippen LogP contribution in [0.4, 0.5) is 4.39 Å². The van der Waals surface area contributed by atoms with Gasteiger partial charge in [0.1, 0.15) is 5.82 Å². The summed E-state index contributed by atoms with van der Waals surface area (Å²) in [6, 6.07) is 8.53. The molecule has 0 heterocycles. The van der Waals surface area contributed by atoms with Crippen molar-refractivity contribution < 1.29 is 4.39 Å². The van der Waals surface area contributed by atoms with Gasteiger partial charge in [0.25, 0.3) is 0 Å². The van der Waals surface area contributed by atoms with E-state index >= 15 is 0 Å². The summed E-state index contributed by atoms with van der Waals surface area (Å²) in [5.74, 6) is -0.290. The number of aryl methyl sites for hydroxylation is 2. The average Bonchev–Trinajstić information content (AvgIpc) is 2.33. The molecule has 0 saturated heterocycles. The van der Waals surface area contributed by atoms with Crippen molar-refractivity contribution in [3.05, 3.63) is 67.3 Å². The Bertz CT molecular complexity index is 626. The van der Waals surface area contributed by atoms with Gasteiger partial charge in [-0.2, -0.15) is 0 Å². The zero-order valence-electron chi connectivity index (χ0n) is 10.7. The van der Waals surface area contributed by atoms with Crippen LogP contribution in [0.15, 0.2) is 39.3 Å². The Balaban J connectivity index is 2.49. The third-order valence-electron chi connectivity index (χ3n) is 3.18. The molecule has 100 valence electrons. The second-order valence-corrected chi connectivity index (χ2v) is 6.37. The maximum absolute atomic E-state index is 14.0. The average molecular weight is 387 g/mol. The summed E-state index contributed by atoms with van der Waals surface area (Å²) in [5.41, 5.74) is 9.81. The maximum atomic E-state index is 14.0. The Labute approximate surface area is 129 Å². The topological polar surface area (TPSA) is 26.0 Å². The first-order valence-corrected chi connectivity index (χ1v) is 7.46. The summed E-state index contributed by atoms with van der Waals surface area (Å²) in [5, 5.41) is 0. The smallest absolute Gasteiger partial charge is 0.129 e. The van der Waals surface area contributed by atoms with Gasteiger partial charge in [-0.3, -0.25) is 0 Å². The number of hydrogen-bond donors (Lipinski definition) is 1. The van der Waals surface area contributed by atoms with Crippen molar-refractivity contribution >= 4 is 31.9 Å². The normalized spacial score (nSPS) is 12.5. The van der Waals surface area contributed by atoms with Gasteiger partial charge in [0, 0.05) is 14.5 Å². The van der Waals surface area contributed by atoms with Crippen LogP contribution in [0.2, 0.25) is 0 Å². The molecule has 1 atom stereocenters. The Kier molecular flexibility index (Phi) is 4.43. The summed E-state index contributed by atoms with van der Waals surface area (Å²) in [7, 11) is 0. The summed E-state index contributed by atoms with van der Waals surface area (Å²) >= 11 is 6.74. The van der Waals surface area contributed by atoms with Gasteiger partial charge in [-0.25, -0.2) is 4.39 Å². The summed E-state index contributed by atoms with van der Waals surface area (Å²) in [6.07, 6.45) is 0. The highest BCUT2D eigenvalue weighted by molar-refractivity contribution is 9.10. The first kappa shape index (κ1) is 14.7. The minimum Gasteiger partial charge on any atom is -0.320 e. The van der Waals surface area contributed by atoms with Crippen LogP contribution < -0.4 is 5.73 Å². The molecule has 0 saturated carbocycles. The van der Waals surface area contributed by atoms with Crippen LogP contribution in [-0.4, -0.2) is 0 Å². The van der Waals surface area contributed by atoms with Gasteiger partial charge in [-0.15, -0.1) is 0 Å². The highest BCUT2D eigenvalue weighted by atomic mass is 79.9. The van der Waals surface area contributed by atoms with Crippen molar-refractivity contribution in [2.24, 2.45) is 5.73 Å². The minimum absolute atomic E-state index is 0.290. The van der Waals surface area contributed by atoms with Crippen LogP contribution in [0.1, 0.15) is 28.3 Å². The lowest BCUT2D eigenvalue weighted by Crippen LogP contribution is -2.15. The highest BCUT2D eigenvalue weighted by Crippen LogP contribution is 2.30. The number of rotatable bonds is 2. The molecule has 0 bridgehead atoms. The van der Waals surface area contributed by atoms with Gasteiger partial charge in [0.15, 0.2) is 0 Å². The Hall–Kier alpha value is -0.710. The molecule has 0 aliphatic heterocycles. The number of hydrogen-bond acceptors (Lipinski definition) is 1. The lowest BCUT2D eigenvalue weighted by atomic mass is 9.94. The molecule has 2 N–H and O–H groups in total. The Morgan fingerprint density at radius 2 is 1.68 bits per heavy atom. The van der Waals surface area contributed by atoms with Crippen LogP contribution in [0.3, 0.4) is 0 Å². The van der Waals surface area contributed by atoms with Crippen LogP contribution in [0.5, 0.6) is 0 Å². The Morgan fingerprint density at radius 1 is 1.00 bits per heavy atom. The van der Waals surface area contributed by atoms with Gasteiger partial charge < -0.3 is 5.73 Å². The van der Waals surface area contributed by atoms with Crippen molar-refractivity contribution in [1.82, 2.24) is 0 Å². The van der Waals surface area contributed by atoms with E-state index in [-0.39, 0.29) is 5.82 Å². The van der Waals surface area contributed by atoms with E-state index in [0.717, 1.165) is 21.2 Å². The van der Waals surface area contributed by atoms with Crippen molar-refractivity contribution in [1.29, 1.82) is 0 Å². The number of nitrogens with two attached hydrogens (primary N) is 1. The molecule has 2 aromatic carbocycles. The summed E-state index contributed by atoms with van der Waals surface area (Å²) < 4.78 is 15.7. The molecule has 0 aliphatic carbocycles. The van der Waals surface area contributed by atoms with E-state index in [1.165, 1.54) is 6.07 Å². The molecular formula is C15H14Br2FN. The van der Waals surface area contributed by atoms with Crippen LogP contribution in [-0.2, 0) is 0 Å². The predicted molar refractivity (Wildman–Crippen MR) is 83.7 cm³/mol. The molecule has 1 nitrogen and oxygen atoms in total. The zero-order valence-corrected chi connectivity index (χ0v) is 13.8. The molecule has 0 fully saturated rings. The lowest BCUT2D eigenvalue weighted by Gasteiger charge is -2.17. The maximum Gasteiger partial charge on any atom is 0.129 e. The fourth-order valence-electron chi connectivity index (χ4n) is 2.06. The third-order valence-corrected chi connectivity index (χ3v) is 4.53. The first-order chi connectivity index (χ1) is 8.90. The number of benzene rings is 2. The third kappa shape index (κ3) is 3.07. The van der Waals surface area contributed by atoms with Crippen LogP contribution in [0.25, 0.3) is 0 Å². The summed E-state index contributed by atoms with van der Waals surface area (Å²) in [6.45, 7) is 3.98. The van der Waals surface area contributed by atoms with E-state index in [2.05, 4.69) is 31.9 Å². The second-order valence-electron chi connectivity index (χ2n) is 4.60. The first-order valence-electron chi connectivity index (χ1n) is 5.87. The van der Waals surface area contributed by atoms with Crippen LogP contribution in [0, 0.1) is 19.7 Å². The molecule has 4 heteroatoms. The van der Waals surface area contributed by atoms with Gasteiger partial charge >= 0.3 is 0 Å². The fourth-order valence-corrected chi connectivity index (χ4v) is 2.85.